The largest absolute Gasteiger partial charge is 0.487 e. The molecule has 0 saturated heterocycles. The lowest BCUT2D eigenvalue weighted by Gasteiger charge is -2.38. The monoisotopic (exact) mass is 550 g/mol. The van der Waals surface area contributed by atoms with Crippen LogP contribution in [0.1, 0.15) is 38.1 Å². The number of anilines is 1. The molecule has 0 unspecified atom stereocenters. The minimum atomic E-state index is -4.05. The second-order valence-corrected chi connectivity index (χ2v) is 11.6. The first kappa shape index (κ1) is 29.2. The van der Waals surface area contributed by atoms with Gasteiger partial charge in [-0.05, 0) is 63.2 Å². The Labute approximate surface area is 222 Å². The minimum Gasteiger partial charge on any atom is -0.487 e. The number of carbonyl (C=O) groups is 2. The van der Waals surface area contributed by atoms with E-state index in [1.54, 1.807) is 14.0 Å². The molecule has 0 radical (unpaired) electrons. The van der Waals surface area contributed by atoms with Gasteiger partial charge >= 0.3 is 6.03 Å². The molecule has 1 aliphatic rings. The Morgan fingerprint density at radius 1 is 1.21 bits per heavy atom. The number of urea groups is 1. The van der Waals surface area contributed by atoms with Crippen molar-refractivity contribution in [2.75, 3.05) is 31.5 Å². The molecule has 3 rings (SSSR count). The first-order valence-electron chi connectivity index (χ1n) is 12.3. The SMILES string of the molecule is CC(C)NC(=O)N(C)C[C@@H]1Oc2ccc(NS(=O)(=O)c3ccc(F)cc3)cc2C(=O)N([C@H](C)CO)C[C@@H]1C. The van der Waals surface area contributed by atoms with E-state index in [1.165, 1.54) is 28.0 Å². The van der Waals surface area contributed by atoms with Crippen LogP contribution in [0.5, 0.6) is 5.75 Å². The number of carbonyl (C=O) groups excluding carboxylic acids is 2. The third-order valence-electron chi connectivity index (χ3n) is 6.25. The Bertz CT molecular complexity index is 1250. The van der Waals surface area contributed by atoms with Crippen LogP contribution in [0.2, 0.25) is 0 Å². The average molecular weight is 551 g/mol. The molecule has 38 heavy (non-hydrogen) atoms. The van der Waals surface area contributed by atoms with E-state index in [2.05, 4.69) is 10.0 Å². The van der Waals surface area contributed by atoms with Gasteiger partial charge in [0.05, 0.1) is 29.7 Å². The lowest BCUT2D eigenvalue weighted by Crippen LogP contribution is -2.51. The maximum absolute atomic E-state index is 13.6. The summed E-state index contributed by atoms with van der Waals surface area (Å²) in [5.74, 6) is -0.973. The second-order valence-electron chi connectivity index (χ2n) is 9.88. The summed E-state index contributed by atoms with van der Waals surface area (Å²) in [5.41, 5.74) is 0.219. The zero-order chi connectivity index (χ0) is 28.2. The third-order valence-corrected chi connectivity index (χ3v) is 7.65. The maximum Gasteiger partial charge on any atom is 0.317 e. The van der Waals surface area contributed by atoms with Crippen LogP contribution >= 0.6 is 0 Å². The van der Waals surface area contributed by atoms with Gasteiger partial charge in [-0.15, -0.1) is 0 Å². The number of ether oxygens (including phenoxy) is 1. The topological polar surface area (TPSA) is 128 Å². The van der Waals surface area contributed by atoms with Crippen LogP contribution in [0.15, 0.2) is 47.4 Å². The van der Waals surface area contributed by atoms with Crippen LogP contribution in [0.4, 0.5) is 14.9 Å². The molecule has 3 N–H and O–H groups in total. The van der Waals surface area contributed by atoms with Gasteiger partial charge in [0.15, 0.2) is 0 Å². The van der Waals surface area contributed by atoms with Crippen molar-refractivity contribution in [2.45, 2.75) is 50.8 Å². The van der Waals surface area contributed by atoms with Crippen molar-refractivity contribution in [2.24, 2.45) is 5.92 Å². The molecule has 0 aliphatic carbocycles. The fourth-order valence-electron chi connectivity index (χ4n) is 4.04. The van der Waals surface area contributed by atoms with Crippen LogP contribution in [-0.2, 0) is 10.0 Å². The Morgan fingerprint density at radius 3 is 2.47 bits per heavy atom. The Balaban J connectivity index is 1.96. The number of rotatable bonds is 8. The summed E-state index contributed by atoms with van der Waals surface area (Å²) >= 11 is 0. The van der Waals surface area contributed by atoms with Gasteiger partial charge < -0.3 is 25.0 Å². The van der Waals surface area contributed by atoms with E-state index in [-0.39, 0.29) is 59.6 Å². The van der Waals surface area contributed by atoms with Crippen molar-refractivity contribution < 1.29 is 32.2 Å². The van der Waals surface area contributed by atoms with Crippen LogP contribution in [-0.4, -0.2) is 80.2 Å². The molecule has 0 spiro atoms. The summed E-state index contributed by atoms with van der Waals surface area (Å²) in [6.07, 6.45) is -0.500. The van der Waals surface area contributed by atoms with Crippen molar-refractivity contribution >= 4 is 27.6 Å². The van der Waals surface area contributed by atoms with Gasteiger partial charge in [0, 0.05) is 31.2 Å². The third kappa shape index (κ3) is 6.93. The predicted octanol–water partition coefficient (Wildman–Crippen LogP) is 2.90. The number of nitrogens with zero attached hydrogens (tertiary/aromatic N) is 2. The summed E-state index contributed by atoms with van der Waals surface area (Å²) in [5, 5.41) is 12.6. The molecule has 3 amide bonds. The van der Waals surface area contributed by atoms with Gasteiger partial charge in [-0.2, -0.15) is 0 Å². The van der Waals surface area contributed by atoms with E-state index in [0.717, 1.165) is 24.3 Å². The number of aliphatic hydroxyl groups is 1. The zero-order valence-corrected chi connectivity index (χ0v) is 23.0. The van der Waals surface area contributed by atoms with Gasteiger partial charge in [-0.1, -0.05) is 6.92 Å². The van der Waals surface area contributed by atoms with Crippen molar-refractivity contribution in [3.8, 4) is 5.75 Å². The van der Waals surface area contributed by atoms with Gasteiger partial charge in [-0.25, -0.2) is 17.6 Å². The van der Waals surface area contributed by atoms with Gasteiger partial charge in [0.1, 0.15) is 17.7 Å². The van der Waals surface area contributed by atoms with Gasteiger partial charge in [0.2, 0.25) is 0 Å². The first-order valence-corrected chi connectivity index (χ1v) is 13.8. The molecule has 2 aromatic rings. The van der Waals surface area contributed by atoms with E-state index in [0.29, 0.717) is 0 Å². The minimum absolute atomic E-state index is 0.0445. The van der Waals surface area contributed by atoms with E-state index < -0.39 is 33.9 Å². The molecule has 1 aliphatic heterocycles. The first-order chi connectivity index (χ1) is 17.8. The fraction of sp³-hybridized carbons (Fsp3) is 0.462. The number of likely N-dealkylation sites (N-methyl/N-ethyl adjacent to an activating group) is 1. The fourth-order valence-corrected chi connectivity index (χ4v) is 5.09. The number of nitrogens with one attached hydrogen (secondary N) is 2. The lowest BCUT2D eigenvalue weighted by molar-refractivity contribution is 0.0366. The number of fused-ring (bicyclic) bond motifs is 1. The summed E-state index contributed by atoms with van der Waals surface area (Å²) < 4.78 is 47.6. The van der Waals surface area contributed by atoms with Gasteiger partial charge in [0.25, 0.3) is 15.9 Å². The molecule has 2 aromatic carbocycles. The van der Waals surface area contributed by atoms with E-state index in [1.807, 2.05) is 20.8 Å². The molecule has 3 atom stereocenters. The summed E-state index contributed by atoms with van der Waals surface area (Å²) in [7, 11) is -2.40. The van der Waals surface area contributed by atoms with Crippen molar-refractivity contribution in [3.63, 3.8) is 0 Å². The molecule has 0 fully saturated rings. The Morgan fingerprint density at radius 2 is 1.87 bits per heavy atom. The number of benzene rings is 2. The van der Waals surface area contributed by atoms with Crippen LogP contribution in [0, 0.1) is 11.7 Å². The van der Waals surface area contributed by atoms with E-state index in [4.69, 9.17) is 4.74 Å². The second kappa shape index (κ2) is 12.0. The maximum atomic E-state index is 13.6. The molecular formula is C26H35FN4O6S. The van der Waals surface area contributed by atoms with Crippen molar-refractivity contribution in [1.82, 2.24) is 15.1 Å². The highest BCUT2D eigenvalue weighted by Gasteiger charge is 2.34. The zero-order valence-electron chi connectivity index (χ0n) is 22.1. The molecule has 12 heteroatoms. The van der Waals surface area contributed by atoms with Crippen molar-refractivity contribution in [3.05, 3.63) is 53.8 Å². The quantitative estimate of drug-likeness (QED) is 0.464. The Hall–Kier alpha value is -3.38. The Kier molecular flexibility index (Phi) is 9.21. The van der Waals surface area contributed by atoms with Crippen molar-refractivity contribution in [1.29, 1.82) is 0 Å². The number of sulfonamides is 1. The summed E-state index contributed by atoms with van der Waals surface area (Å²) in [6, 6.07) is 7.88. The van der Waals surface area contributed by atoms with Gasteiger partial charge in [-0.3, -0.25) is 9.52 Å². The highest BCUT2D eigenvalue weighted by atomic mass is 32.2. The molecule has 0 saturated carbocycles. The molecule has 1 heterocycles. The van der Waals surface area contributed by atoms with E-state index >= 15 is 0 Å². The summed E-state index contributed by atoms with van der Waals surface area (Å²) in [6.45, 7) is 7.54. The summed E-state index contributed by atoms with van der Waals surface area (Å²) in [4.78, 5) is 28.9. The lowest BCUT2D eigenvalue weighted by atomic mass is 9.99. The normalized spacial score (nSPS) is 18.6. The standard InChI is InChI=1S/C26H35FN4O6S/c1-16(2)28-26(34)30(5)14-24-17(3)13-31(18(4)15-32)25(33)22-12-20(8-11-23(22)37-24)29-38(35,36)21-9-6-19(27)7-10-21/h6-12,16-18,24,29,32H,13-15H2,1-5H3,(H,28,34)/t17-,18+,24-/m0/s1. The molecule has 0 bridgehead atoms. The average Bonchev–Trinajstić information content (AvgIpc) is 2.85. The molecular weight excluding hydrogens is 515 g/mol. The number of halogens is 1. The highest BCUT2D eigenvalue weighted by Crippen LogP contribution is 2.31. The van der Waals surface area contributed by atoms with E-state index in [9.17, 15) is 27.5 Å². The molecule has 0 aromatic heterocycles. The van der Waals surface area contributed by atoms with Crippen LogP contribution < -0.4 is 14.8 Å². The number of hydrogen-bond acceptors (Lipinski definition) is 6. The van der Waals surface area contributed by atoms with Crippen LogP contribution in [0.25, 0.3) is 0 Å². The number of amides is 3. The highest BCUT2D eigenvalue weighted by molar-refractivity contribution is 7.92. The molecule has 10 nitrogen and oxygen atoms in total. The van der Waals surface area contributed by atoms with Crippen LogP contribution in [0.3, 0.4) is 0 Å². The smallest absolute Gasteiger partial charge is 0.317 e. The predicted molar refractivity (Wildman–Crippen MR) is 141 cm³/mol. The molecule has 208 valence electrons. The number of aliphatic hydroxyl groups excluding tert-OH is 1. The number of hydrogen-bond donors (Lipinski definition) is 3.